The number of aromatic nitrogens is 2. The van der Waals surface area contributed by atoms with Gasteiger partial charge in [-0.3, -0.25) is 0 Å². The van der Waals surface area contributed by atoms with Crippen molar-refractivity contribution >= 4 is 11.9 Å². The predicted octanol–water partition coefficient (Wildman–Crippen LogP) is 3.23. The summed E-state index contributed by atoms with van der Waals surface area (Å²) in [5, 5.41) is 0. The smallest absolute Gasteiger partial charge is 0.338 e. The Morgan fingerprint density at radius 2 is 2.29 bits per heavy atom. The molecule has 5 heteroatoms. The number of esters is 1. The first-order chi connectivity index (χ1) is 11.7. The Labute approximate surface area is 142 Å². The number of nitrogens with zero attached hydrogens (tertiary/aromatic N) is 2. The molecule has 2 heterocycles. The van der Waals surface area contributed by atoms with Gasteiger partial charge in [-0.2, -0.15) is 0 Å². The molecule has 0 fully saturated rings. The molecule has 1 aliphatic carbocycles. The van der Waals surface area contributed by atoms with Crippen LogP contribution in [0.4, 0.5) is 5.95 Å². The number of anilines is 1. The number of carbonyl (C=O) groups is 1. The molecule has 0 bridgehead atoms. The van der Waals surface area contributed by atoms with Crippen molar-refractivity contribution in [2.24, 2.45) is 5.92 Å². The SMILES string of the molecule is CCOC(=O)c1cccc2c1CN(c1nc3c([nH]1)C[C@@H](C)CC3)C2. The molecule has 0 saturated carbocycles. The maximum absolute atomic E-state index is 12.2. The molecule has 24 heavy (non-hydrogen) atoms. The van der Waals surface area contributed by atoms with Crippen LogP contribution in [0, 0.1) is 5.92 Å². The molecule has 2 aliphatic rings. The highest BCUT2D eigenvalue weighted by atomic mass is 16.5. The summed E-state index contributed by atoms with van der Waals surface area (Å²) in [7, 11) is 0. The van der Waals surface area contributed by atoms with Crippen molar-refractivity contribution in [3.63, 3.8) is 0 Å². The molecule has 5 nitrogen and oxygen atoms in total. The average molecular weight is 325 g/mol. The number of benzene rings is 1. The van der Waals surface area contributed by atoms with Gasteiger partial charge in [0.25, 0.3) is 0 Å². The molecule has 4 rings (SSSR count). The number of H-pyrrole nitrogens is 1. The number of hydrogen-bond acceptors (Lipinski definition) is 4. The van der Waals surface area contributed by atoms with E-state index in [0.717, 1.165) is 36.8 Å². The van der Waals surface area contributed by atoms with Crippen LogP contribution in [0.15, 0.2) is 18.2 Å². The average Bonchev–Trinajstić information content (AvgIpc) is 3.17. The quantitative estimate of drug-likeness (QED) is 0.880. The number of imidazole rings is 1. The van der Waals surface area contributed by atoms with Crippen LogP contribution in [0.5, 0.6) is 0 Å². The minimum absolute atomic E-state index is 0.233. The Balaban J connectivity index is 1.60. The van der Waals surface area contributed by atoms with Crippen LogP contribution in [0.1, 0.15) is 53.1 Å². The number of ether oxygens (including phenoxy) is 1. The summed E-state index contributed by atoms with van der Waals surface area (Å²) in [6.07, 6.45) is 3.35. The van der Waals surface area contributed by atoms with Gasteiger partial charge in [0.1, 0.15) is 0 Å². The van der Waals surface area contributed by atoms with Crippen molar-refractivity contribution in [3.8, 4) is 0 Å². The van der Waals surface area contributed by atoms with Gasteiger partial charge >= 0.3 is 5.97 Å². The normalized spacial score (nSPS) is 19.1. The molecule has 126 valence electrons. The fourth-order valence-electron chi connectivity index (χ4n) is 3.76. The van der Waals surface area contributed by atoms with Crippen molar-refractivity contribution < 1.29 is 9.53 Å². The van der Waals surface area contributed by atoms with Crippen molar-refractivity contribution in [3.05, 3.63) is 46.3 Å². The standard InChI is InChI=1S/C19H23N3O2/c1-3-24-18(23)14-6-4-5-13-10-22(11-15(13)14)19-20-16-8-7-12(2)9-17(16)21-19/h4-6,12H,3,7-11H2,1-2H3,(H,20,21)/t12-/m0/s1. The number of carbonyl (C=O) groups excluding carboxylic acids is 1. The molecule has 1 N–H and O–H groups in total. The van der Waals surface area contributed by atoms with Crippen LogP contribution in [0.25, 0.3) is 0 Å². The second-order valence-electron chi connectivity index (χ2n) is 6.85. The summed E-state index contributed by atoms with van der Waals surface area (Å²) in [5.74, 6) is 1.42. The van der Waals surface area contributed by atoms with E-state index in [0.29, 0.717) is 18.7 Å². The van der Waals surface area contributed by atoms with E-state index in [2.05, 4.69) is 22.9 Å². The lowest BCUT2D eigenvalue weighted by atomic mass is 9.92. The van der Waals surface area contributed by atoms with Crippen LogP contribution in [-0.4, -0.2) is 22.5 Å². The summed E-state index contributed by atoms with van der Waals surface area (Å²) in [4.78, 5) is 22.7. The number of fused-ring (bicyclic) bond motifs is 2. The summed E-state index contributed by atoms with van der Waals surface area (Å²) in [6.45, 7) is 6.01. The first kappa shape index (κ1) is 15.2. The zero-order chi connectivity index (χ0) is 16.7. The highest BCUT2D eigenvalue weighted by Crippen LogP contribution is 2.32. The number of hydrogen-bond donors (Lipinski definition) is 1. The van der Waals surface area contributed by atoms with Crippen molar-refractivity contribution in [1.82, 2.24) is 9.97 Å². The van der Waals surface area contributed by atoms with Crippen molar-refractivity contribution in [2.75, 3.05) is 11.5 Å². The number of aromatic amines is 1. The number of rotatable bonds is 3. The summed E-state index contributed by atoms with van der Waals surface area (Å²) in [6, 6.07) is 5.88. The van der Waals surface area contributed by atoms with Gasteiger partial charge in [-0.05, 0) is 49.3 Å². The highest BCUT2D eigenvalue weighted by molar-refractivity contribution is 5.92. The molecule has 0 amide bonds. The number of aryl methyl sites for hydroxylation is 1. The lowest BCUT2D eigenvalue weighted by molar-refractivity contribution is 0.0525. The van der Waals surface area contributed by atoms with E-state index in [1.807, 2.05) is 19.1 Å². The zero-order valence-corrected chi connectivity index (χ0v) is 14.3. The molecule has 0 radical (unpaired) electrons. The van der Waals surface area contributed by atoms with Gasteiger partial charge in [0.15, 0.2) is 0 Å². The molecule has 0 saturated heterocycles. The van der Waals surface area contributed by atoms with Crippen LogP contribution in [-0.2, 0) is 30.7 Å². The van der Waals surface area contributed by atoms with Crippen molar-refractivity contribution in [1.29, 1.82) is 0 Å². The van der Waals surface area contributed by atoms with E-state index in [4.69, 9.17) is 9.72 Å². The molecule has 1 aliphatic heterocycles. The summed E-state index contributed by atoms with van der Waals surface area (Å²) < 4.78 is 5.19. The van der Waals surface area contributed by atoms with Crippen molar-refractivity contribution in [2.45, 2.75) is 46.2 Å². The van der Waals surface area contributed by atoms with Gasteiger partial charge in [-0.1, -0.05) is 19.1 Å². The molecule has 1 aromatic heterocycles. The van der Waals surface area contributed by atoms with E-state index < -0.39 is 0 Å². The second-order valence-corrected chi connectivity index (χ2v) is 6.85. The Morgan fingerprint density at radius 3 is 3.12 bits per heavy atom. The topological polar surface area (TPSA) is 58.2 Å². The van der Waals surface area contributed by atoms with Crippen LogP contribution < -0.4 is 4.90 Å². The first-order valence-electron chi connectivity index (χ1n) is 8.76. The van der Waals surface area contributed by atoms with Gasteiger partial charge in [-0.15, -0.1) is 0 Å². The van der Waals surface area contributed by atoms with E-state index in [1.54, 1.807) is 0 Å². The van der Waals surface area contributed by atoms with Gasteiger partial charge in [0, 0.05) is 18.8 Å². The van der Waals surface area contributed by atoms with E-state index in [9.17, 15) is 4.79 Å². The molecule has 0 unspecified atom stereocenters. The molecule has 1 atom stereocenters. The fourth-order valence-corrected chi connectivity index (χ4v) is 3.76. The Bertz CT molecular complexity index is 781. The van der Waals surface area contributed by atoms with Gasteiger partial charge in [-0.25, -0.2) is 9.78 Å². The van der Waals surface area contributed by atoms with Crippen LogP contribution in [0.3, 0.4) is 0 Å². The molecular formula is C19H23N3O2. The Kier molecular flexibility index (Phi) is 3.79. The van der Waals surface area contributed by atoms with E-state index in [-0.39, 0.29) is 5.97 Å². The van der Waals surface area contributed by atoms with Crippen LogP contribution >= 0.6 is 0 Å². The second kappa shape index (κ2) is 5.96. The number of nitrogens with one attached hydrogen (secondary N) is 1. The molecule has 2 aromatic rings. The first-order valence-corrected chi connectivity index (χ1v) is 8.76. The summed E-state index contributed by atoms with van der Waals surface area (Å²) in [5.41, 5.74) is 5.43. The third-order valence-corrected chi connectivity index (χ3v) is 5.06. The van der Waals surface area contributed by atoms with Gasteiger partial charge < -0.3 is 14.6 Å². The fraction of sp³-hybridized carbons (Fsp3) is 0.474. The predicted molar refractivity (Wildman–Crippen MR) is 92.1 cm³/mol. The lowest BCUT2D eigenvalue weighted by Crippen LogP contribution is -2.17. The minimum atomic E-state index is -0.233. The zero-order valence-electron chi connectivity index (χ0n) is 14.3. The van der Waals surface area contributed by atoms with Crippen LogP contribution in [0.2, 0.25) is 0 Å². The third kappa shape index (κ3) is 2.58. The monoisotopic (exact) mass is 325 g/mol. The Morgan fingerprint density at radius 1 is 1.42 bits per heavy atom. The maximum atomic E-state index is 12.2. The highest BCUT2D eigenvalue weighted by Gasteiger charge is 2.28. The maximum Gasteiger partial charge on any atom is 0.338 e. The third-order valence-electron chi connectivity index (χ3n) is 5.06. The Hall–Kier alpha value is -2.30. The molecule has 0 spiro atoms. The molecular weight excluding hydrogens is 302 g/mol. The minimum Gasteiger partial charge on any atom is -0.462 e. The van der Waals surface area contributed by atoms with E-state index >= 15 is 0 Å². The summed E-state index contributed by atoms with van der Waals surface area (Å²) >= 11 is 0. The lowest BCUT2D eigenvalue weighted by Gasteiger charge is -2.15. The van der Waals surface area contributed by atoms with Gasteiger partial charge in [0.05, 0.1) is 17.9 Å². The van der Waals surface area contributed by atoms with Gasteiger partial charge in [0.2, 0.25) is 5.95 Å². The largest absolute Gasteiger partial charge is 0.462 e. The molecule has 1 aromatic carbocycles. The van der Waals surface area contributed by atoms with E-state index in [1.165, 1.54) is 23.4 Å².